The fraction of sp³-hybridized carbons (Fsp3) is 0.650. The van der Waals surface area contributed by atoms with Crippen molar-refractivity contribution in [2.45, 2.75) is 77.4 Å². The molecule has 1 aromatic rings. The van der Waals surface area contributed by atoms with Crippen LogP contribution in [-0.2, 0) is 10.2 Å². The van der Waals surface area contributed by atoms with Crippen LogP contribution in [0.25, 0.3) is 0 Å². The highest BCUT2D eigenvalue weighted by molar-refractivity contribution is 5.68. The lowest BCUT2D eigenvalue weighted by atomic mass is 9.71. The lowest BCUT2D eigenvalue weighted by Crippen LogP contribution is -2.47. The van der Waals surface area contributed by atoms with Crippen molar-refractivity contribution in [3.05, 3.63) is 35.9 Å². The fourth-order valence-corrected chi connectivity index (χ4v) is 3.19. The molecule has 0 aromatic heterocycles. The predicted molar refractivity (Wildman–Crippen MR) is 94.6 cm³/mol. The van der Waals surface area contributed by atoms with Gasteiger partial charge in [-0.05, 0) is 56.9 Å². The van der Waals surface area contributed by atoms with E-state index in [1.54, 1.807) is 0 Å². The SMILES string of the molecule is CC(C)(C)OC(=O)NC(CC(C)(C)c1ccccc1)C1CCC1. The van der Waals surface area contributed by atoms with Crippen molar-refractivity contribution in [3.63, 3.8) is 0 Å². The molecule has 2 rings (SSSR count). The average Bonchev–Trinajstić information content (AvgIpc) is 2.34. The van der Waals surface area contributed by atoms with Crippen LogP contribution in [-0.4, -0.2) is 17.7 Å². The van der Waals surface area contributed by atoms with Gasteiger partial charge in [0.1, 0.15) is 5.60 Å². The third kappa shape index (κ3) is 5.26. The second-order valence-corrected chi connectivity index (χ2v) is 8.40. The van der Waals surface area contributed by atoms with E-state index in [1.165, 1.54) is 24.8 Å². The van der Waals surface area contributed by atoms with Crippen LogP contribution in [0.2, 0.25) is 0 Å². The van der Waals surface area contributed by atoms with Crippen LogP contribution in [0.1, 0.15) is 65.9 Å². The van der Waals surface area contributed by atoms with Gasteiger partial charge < -0.3 is 10.1 Å². The van der Waals surface area contributed by atoms with Crippen molar-refractivity contribution in [3.8, 4) is 0 Å². The Kier molecular flexibility index (Phi) is 5.38. The molecule has 3 heteroatoms. The van der Waals surface area contributed by atoms with Crippen LogP contribution >= 0.6 is 0 Å². The van der Waals surface area contributed by atoms with Gasteiger partial charge in [-0.25, -0.2) is 4.79 Å². The van der Waals surface area contributed by atoms with E-state index in [9.17, 15) is 4.79 Å². The monoisotopic (exact) mass is 317 g/mol. The molecule has 1 aliphatic carbocycles. The average molecular weight is 317 g/mol. The van der Waals surface area contributed by atoms with Crippen LogP contribution in [0.4, 0.5) is 4.79 Å². The van der Waals surface area contributed by atoms with Crippen LogP contribution in [0.15, 0.2) is 30.3 Å². The largest absolute Gasteiger partial charge is 0.444 e. The van der Waals surface area contributed by atoms with E-state index in [-0.39, 0.29) is 17.6 Å². The van der Waals surface area contributed by atoms with Gasteiger partial charge in [0, 0.05) is 6.04 Å². The maximum atomic E-state index is 12.2. The van der Waals surface area contributed by atoms with Gasteiger partial charge in [0.25, 0.3) is 0 Å². The number of carbonyl (C=O) groups is 1. The Hall–Kier alpha value is -1.51. The molecule has 1 N–H and O–H groups in total. The highest BCUT2D eigenvalue weighted by Crippen LogP contribution is 2.37. The number of benzene rings is 1. The third-order valence-electron chi connectivity index (χ3n) is 4.71. The first kappa shape index (κ1) is 17.8. The zero-order valence-corrected chi connectivity index (χ0v) is 15.2. The van der Waals surface area contributed by atoms with E-state index in [0.717, 1.165) is 6.42 Å². The lowest BCUT2D eigenvalue weighted by Gasteiger charge is -2.39. The number of nitrogens with one attached hydrogen (secondary N) is 1. The molecule has 1 unspecified atom stereocenters. The van der Waals surface area contributed by atoms with Crippen molar-refractivity contribution in [1.82, 2.24) is 5.32 Å². The minimum absolute atomic E-state index is 0.0243. The molecule has 1 aromatic carbocycles. The molecule has 0 heterocycles. The number of rotatable bonds is 5. The first-order valence-electron chi connectivity index (χ1n) is 8.72. The van der Waals surface area contributed by atoms with E-state index < -0.39 is 5.60 Å². The smallest absolute Gasteiger partial charge is 0.407 e. The molecule has 0 bridgehead atoms. The number of hydrogen-bond donors (Lipinski definition) is 1. The minimum atomic E-state index is -0.455. The fourth-order valence-electron chi connectivity index (χ4n) is 3.19. The van der Waals surface area contributed by atoms with Crippen molar-refractivity contribution in [2.75, 3.05) is 0 Å². The molecule has 0 spiro atoms. The Balaban J connectivity index is 2.05. The quantitative estimate of drug-likeness (QED) is 0.825. The van der Waals surface area contributed by atoms with Crippen molar-refractivity contribution < 1.29 is 9.53 Å². The molecule has 1 aliphatic rings. The first-order valence-corrected chi connectivity index (χ1v) is 8.72. The number of hydrogen-bond acceptors (Lipinski definition) is 2. The summed E-state index contributed by atoms with van der Waals surface area (Å²) in [6.07, 6.45) is 4.30. The molecule has 0 saturated heterocycles. The van der Waals surface area contributed by atoms with Gasteiger partial charge in [0.05, 0.1) is 0 Å². The summed E-state index contributed by atoms with van der Waals surface area (Å²) >= 11 is 0. The molecule has 1 fully saturated rings. The van der Waals surface area contributed by atoms with Gasteiger partial charge in [0.2, 0.25) is 0 Å². The molecular weight excluding hydrogens is 286 g/mol. The Bertz CT molecular complexity index is 512. The van der Waals surface area contributed by atoms with Crippen molar-refractivity contribution >= 4 is 6.09 Å². The Morgan fingerprint density at radius 3 is 2.26 bits per heavy atom. The Morgan fingerprint density at radius 1 is 1.17 bits per heavy atom. The summed E-state index contributed by atoms with van der Waals surface area (Å²) in [4.78, 5) is 12.2. The van der Waals surface area contributed by atoms with Gasteiger partial charge in [-0.15, -0.1) is 0 Å². The molecule has 3 nitrogen and oxygen atoms in total. The van der Waals surface area contributed by atoms with Gasteiger partial charge >= 0.3 is 6.09 Å². The molecule has 128 valence electrons. The normalized spacial score (nSPS) is 17.3. The number of alkyl carbamates (subject to hydrolysis) is 1. The molecule has 1 amide bonds. The standard InChI is InChI=1S/C20H31NO2/c1-19(2,3)23-18(22)21-17(15-10-9-11-15)14-20(4,5)16-12-7-6-8-13-16/h6-8,12-13,15,17H,9-11,14H2,1-5H3,(H,21,22). The van der Waals surface area contributed by atoms with Gasteiger partial charge in [0.15, 0.2) is 0 Å². The van der Waals surface area contributed by atoms with Crippen LogP contribution in [0.5, 0.6) is 0 Å². The minimum Gasteiger partial charge on any atom is -0.444 e. The zero-order chi connectivity index (χ0) is 17.1. The maximum Gasteiger partial charge on any atom is 0.407 e. The molecule has 1 atom stereocenters. The third-order valence-corrected chi connectivity index (χ3v) is 4.71. The lowest BCUT2D eigenvalue weighted by molar-refractivity contribution is 0.0450. The summed E-state index contributed by atoms with van der Waals surface area (Å²) in [6.45, 7) is 10.2. The summed E-state index contributed by atoms with van der Waals surface area (Å²) in [5, 5.41) is 3.14. The molecule has 1 saturated carbocycles. The molecule has 23 heavy (non-hydrogen) atoms. The van der Waals surface area contributed by atoms with Crippen molar-refractivity contribution in [1.29, 1.82) is 0 Å². The summed E-state index contributed by atoms with van der Waals surface area (Å²) in [5.41, 5.74) is 0.884. The van der Waals surface area contributed by atoms with E-state index in [1.807, 2.05) is 26.8 Å². The highest BCUT2D eigenvalue weighted by Gasteiger charge is 2.34. The topological polar surface area (TPSA) is 38.3 Å². The summed E-state index contributed by atoms with van der Waals surface area (Å²) in [7, 11) is 0. The summed E-state index contributed by atoms with van der Waals surface area (Å²) in [5.74, 6) is 0.575. The van der Waals surface area contributed by atoms with Crippen LogP contribution in [0, 0.1) is 5.92 Å². The maximum absolute atomic E-state index is 12.2. The van der Waals surface area contributed by atoms with Gasteiger partial charge in [-0.1, -0.05) is 50.6 Å². The number of amides is 1. The van der Waals surface area contributed by atoms with Gasteiger partial charge in [-0.3, -0.25) is 0 Å². The Labute approximate surface area is 140 Å². The molecule has 0 radical (unpaired) electrons. The molecular formula is C20H31NO2. The van der Waals surface area contributed by atoms with E-state index >= 15 is 0 Å². The van der Waals surface area contributed by atoms with E-state index in [4.69, 9.17) is 4.74 Å². The van der Waals surface area contributed by atoms with Crippen molar-refractivity contribution in [2.24, 2.45) is 5.92 Å². The molecule has 0 aliphatic heterocycles. The highest BCUT2D eigenvalue weighted by atomic mass is 16.6. The Morgan fingerprint density at radius 2 is 1.78 bits per heavy atom. The second kappa shape index (κ2) is 6.94. The summed E-state index contributed by atoms with van der Waals surface area (Å²) in [6, 6.07) is 10.7. The van der Waals surface area contributed by atoms with E-state index in [2.05, 4.69) is 43.4 Å². The summed E-state index contributed by atoms with van der Waals surface area (Å²) < 4.78 is 5.46. The van der Waals surface area contributed by atoms with Crippen LogP contribution < -0.4 is 5.32 Å². The van der Waals surface area contributed by atoms with Crippen LogP contribution in [0.3, 0.4) is 0 Å². The first-order chi connectivity index (χ1) is 10.7. The number of ether oxygens (including phenoxy) is 1. The predicted octanol–water partition coefficient (Wildman–Crippen LogP) is 5.05. The van der Waals surface area contributed by atoms with E-state index in [0.29, 0.717) is 5.92 Å². The zero-order valence-electron chi connectivity index (χ0n) is 15.2. The number of carbonyl (C=O) groups excluding carboxylic acids is 1. The van der Waals surface area contributed by atoms with Gasteiger partial charge in [-0.2, -0.15) is 0 Å². The second-order valence-electron chi connectivity index (χ2n) is 8.40.